The van der Waals surface area contributed by atoms with Gasteiger partial charge in [0.2, 0.25) is 0 Å². The Morgan fingerprint density at radius 3 is 2.57 bits per heavy atom. The molecule has 0 aliphatic heterocycles. The molecule has 0 saturated carbocycles. The van der Waals surface area contributed by atoms with E-state index in [0.717, 1.165) is 12.1 Å². The standard InChI is InChI=1S/C14H9ClF3NO2/c1-21-13(20)9-6-11(15)12(19-7-9)8-3-2-4-10(5-8)14(16,17)18/h2-7H,1H3. The number of alkyl halides is 3. The van der Waals surface area contributed by atoms with E-state index in [-0.39, 0.29) is 21.8 Å². The number of esters is 1. The van der Waals surface area contributed by atoms with E-state index in [0.29, 0.717) is 0 Å². The number of methoxy groups -OCH3 is 1. The molecule has 0 bridgehead atoms. The molecule has 0 unspecified atom stereocenters. The molecule has 0 radical (unpaired) electrons. The van der Waals surface area contributed by atoms with Gasteiger partial charge in [0, 0.05) is 11.8 Å². The molecule has 0 aliphatic carbocycles. The van der Waals surface area contributed by atoms with Gasteiger partial charge in [0.1, 0.15) is 0 Å². The molecule has 110 valence electrons. The number of hydrogen-bond donors (Lipinski definition) is 0. The normalized spacial score (nSPS) is 11.3. The fraction of sp³-hybridized carbons (Fsp3) is 0.143. The first kappa shape index (κ1) is 15.3. The van der Waals surface area contributed by atoms with E-state index >= 15 is 0 Å². The Balaban J connectivity index is 2.46. The van der Waals surface area contributed by atoms with Crippen LogP contribution in [0.2, 0.25) is 5.02 Å². The van der Waals surface area contributed by atoms with Crippen molar-refractivity contribution in [1.29, 1.82) is 0 Å². The summed E-state index contributed by atoms with van der Waals surface area (Å²) in [6, 6.07) is 5.94. The first-order valence-corrected chi connectivity index (χ1v) is 6.12. The zero-order valence-electron chi connectivity index (χ0n) is 10.7. The number of carbonyl (C=O) groups is 1. The molecule has 21 heavy (non-hydrogen) atoms. The summed E-state index contributed by atoms with van der Waals surface area (Å²) >= 11 is 5.98. The molecular formula is C14H9ClF3NO2. The minimum Gasteiger partial charge on any atom is -0.465 e. The summed E-state index contributed by atoms with van der Waals surface area (Å²) in [5, 5.41) is 0.0669. The first-order chi connectivity index (χ1) is 9.82. The van der Waals surface area contributed by atoms with Crippen LogP contribution in [0.1, 0.15) is 15.9 Å². The van der Waals surface area contributed by atoms with Crippen molar-refractivity contribution in [2.24, 2.45) is 0 Å². The van der Waals surface area contributed by atoms with Crippen LogP contribution < -0.4 is 0 Å². The quantitative estimate of drug-likeness (QED) is 0.779. The van der Waals surface area contributed by atoms with Crippen LogP contribution in [0.3, 0.4) is 0 Å². The van der Waals surface area contributed by atoms with Gasteiger partial charge in [-0.3, -0.25) is 4.98 Å². The lowest BCUT2D eigenvalue weighted by atomic mass is 10.1. The predicted octanol–water partition coefficient (Wildman–Crippen LogP) is 4.21. The topological polar surface area (TPSA) is 39.2 Å². The van der Waals surface area contributed by atoms with E-state index in [2.05, 4.69) is 9.72 Å². The van der Waals surface area contributed by atoms with Gasteiger partial charge in [0.15, 0.2) is 0 Å². The van der Waals surface area contributed by atoms with Crippen LogP contribution in [-0.4, -0.2) is 18.1 Å². The van der Waals surface area contributed by atoms with Gasteiger partial charge in [0.25, 0.3) is 0 Å². The lowest BCUT2D eigenvalue weighted by molar-refractivity contribution is -0.137. The number of rotatable bonds is 2. The second kappa shape index (κ2) is 5.73. The second-order valence-corrected chi connectivity index (χ2v) is 4.53. The first-order valence-electron chi connectivity index (χ1n) is 5.74. The van der Waals surface area contributed by atoms with Gasteiger partial charge in [-0.2, -0.15) is 13.2 Å². The number of benzene rings is 1. The molecule has 1 aromatic heterocycles. The number of carbonyl (C=O) groups excluding carboxylic acids is 1. The summed E-state index contributed by atoms with van der Waals surface area (Å²) in [6.45, 7) is 0. The molecule has 3 nitrogen and oxygen atoms in total. The van der Waals surface area contributed by atoms with Crippen molar-refractivity contribution in [3.8, 4) is 11.3 Å². The van der Waals surface area contributed by atoms with Crippen molar-refractivity contribution in [2.75, 3.05) is 7.11 Å². The van der Waals surface area contributed by atoms with Crippen molar-refractivity contribution in [3.63, 3.8) is 0 Å². The van der Waals surface area contributed by atoms with Gasteiger partial charge in [-0.05, 0) is 18.2 Å². The third-order valence-corrected chi connectivity index (χ3v) is 3.01. The largest absolute Gasteiger partial charge is 0.465 e. The molecule has 0 atom stereocenters. The van der Waals surface area contributed by atoms with Crippen LogP contribution in [0.15, 0.2) is 36.5 Å². The zero-order chi connectivity index (χ0) is 15.6. The summed E-state index contributed by atoms with van der Waals surface area (Å²) in [7, 11) is 1.21. The Bertz CT molecular complexity index is 686. The minimum atomic E-state index is -4.45. The molecule has 0 N–H and O–H groups in total. The maximum Gasteiger partial charge on any atom is 0.416 e. The molecule has 2 rings (SSSR count). The van der Waals surface area contributed by atoms with Crippen molar-refractivity contribution in [1.82, 2.24) is 4.98 Å². The minimum absolute atomic E-state index is 0.0669. The van der Waals surface area contributed by atoms with E-state index in [1.165, 1.54) is 31.5 Å². The molecule has 7 heteroatoms. The van der Waals surface area contributed by atoms with E-state index in [9.17, 15) is 18.0 Å². The molecule has 1 aromatic carbocycles. The summed E-state index contributed by atoms with van der Waals surface area (Å²) in [5.41, 5.74) is -0.296. The molecule has 1 heterocycles. The van der Waals surface area contributed by atoms with Gasteiger partial charge in [-0.25, -0.2) is 4.79 Å². The Labute approximate surface area is 123 Å². The fourth-order valence-electron chi connectivity index (χ4n) is 1.72. The van der Waals surface area contributed by atoms with Gasteiger partial charge in [-0.15, -0.1) is 0 Å². The highest BCUT2D eigenvalue weighted by Gasteiger charge is 2.30. The average Bonchev–Trinajstić information content (AvgIpc) is 2.45. The Kier molecular flexibility index (Phi) is 4.18. The van der Waals surface area contributed by atoms with Crippen molar-refractivity contribution in [2.45, 2.75) is 6.18 Å². The Morgan fingerprint density at radius 1 is 1.29 bits per heavy atom. The number of hydrogen-bond acceptors (Lipinski definition) is 3. The smallest absolute Gasteiger partial charge is 0.416 e. The van der Waals surface area contributed by atoms with Crippen LogP contribution in [0.5, 0.6) is 0 Å². The SMILES string of the molecule is COC(=O)c1cnc(-c2cccc(C(F)(F)F)c2)c(Cl)c1. The summed E-state index contributed by atoms with van der Waals surface area (Å²) in [4.78, 5) is 15.3. The van der Waals surface area contributed by atoms with Crippen LogP contribution >= 0.6 is 11.6 Å². The zero-order valence-corrected chi connectivity index (χ0v) is 11.5. The Hall–Kier alpha value is -2.08. The van der Waals surface area contributed by atoms with Crippen molar-refractivity contribution >= 4 is 17.6 Å². The van der Waals surface area contributed by atoms with Crippen LogP contribution in [0.4, 0.5) is 13.2 Å². The monoisotopic (exact) mass is 315 g/mol. The fourth-order valence-corrected chi connectivity index (χ4v) is 2.00. The summed E-state index contributed by atoms with van der Waals surface area (Å²) in [5.74, 6) is -0.625. The highest BCUT2D eigenvalue weighted by Crippen LogP contribution is 2.33. The number of ether oxygens (including phenoxy) is 1. The van der Waals surface area contributed by atoms with Gasteiger partial charge >= 0.3 is 12.1 Å². The third kappa shape index (κ3) is 3.33. The summed E-state index contributed by atoms with van der Waals surface area (Å²) in [6.07, 6.45) is -3.25. The van der Waals surface area contributed by atoms with Gasteiger partial charge in [0.05, 0.1) is 29.0 Å². The number of halogens is 4. The lowest BCUT2D eigenvalue weighted by Gasteiger charge is -2.10. The van der Waals surface area contributed by atoms with Gasteiger partial charge in [-0.1, -0.05) is 23.7 Å². The van der Waals surface area contributed by atoms with E-state index in [4.69, 9.17) is 11.6 Å². The molecular weight excluding hydrogens is 307 g/mol. The highest BCUT2D eigenvalue weighted by molar-refractivity contribution is 6.33. The van der Waals surface area contributed by atoms with E-state index < -0.39 is 17.7 Å². The molecule has 0 aliphatic rings. The lowest BCUT2D eigenvalue weighted by Crippen LogP contribution is -2.05. The number of aromatic nitrogens is 1. The molecule has 0 saturated heterocycles. The van der Waals surface area contributed by atoms with Crippen molar-refractivity contribution < 1.29 is 22.7 Å². The average molecular weight is 316 g/mol. The maximum absolute atomic E-state index is 12.7. The Morgan fingerprint density at radius 2 is 2.00 bits per heavy atom. The van der Waals surface area contributed by atoms with E-state index in [1.54, 1.807) is 0 Å². The van der Waals surface area contributed by atoms with Crippen molar-refractivity contribution in [3.05, 3.63) is 52.7 Å². The molecule has 0 fully saturated rings. The number of pyridine rings is 1. The number of nitrogens with zero attached hydrogens (tertiary/aromatic N) is 1. The third-order valence-electron chi connectivity index (χ3n) is 2.73. The molecule has 0 spiro atoms. The maximum atomic E-state index is 12.7. The van der Waals surface area contributed by atoms with E-state index in [1.807, 2.05) is 0 Å². The second-order valence-electron chi connectivity index (χ2n) is 4.12. The van der Waals surface area contributed by atoms with Crippen LogP contribution in [0.25, 0.3) is 11.3 Å². The van der Waals surface area contributed by atoms with Crippen LogP contribution in [0, 0.1) is 0 Å². The van der Waals surface area contributed by atoms with Gasteiger partial charge < -0.3 is 4.74 Å². The summed E-state index contributed by atoms with van der Waals surface area (Å²) < 4.78 is 42.6. The highest BCUT2D eigenvalue weighted by atomic mass is 35.5. The molecule has 2 aromatic rings. The predicted molar refractivity (Wildman–Crippen MR) is 71.0 cm³/mol. The van der Waals surface area contributed by atoms with Crippen LogP contribution in [-0.2, 0) is 10.9 Å². The molecule has 0 amide bonds.